The van der Waals surface area contributed by atoms with Gasteiger partial charge in [-0.25, -0.2) is 8.42 Å². The molecule has 1 N–H and O–H groups in total. The number of benzene rings is 1. The van der Waals surface area contributed by atoms with E-state index < -0.39 is 9.84 Å². The Morgan fingerprint density at radius 3 is 2.42 bits per heavy atom. The molecule has 1 aromatic rings. The first-order valence-electron chi connectivity index (χ1n) is 6.67. The van der Waals surface area contributed by atoms with Crippen molar-refractivity contribution >= 4 is 9.84 Å². The molecule has 0 amide bonds. The molecule has 1 aliphatic carbocycles. The van der Waals surface area contributed by atoms with Crippen LogP contribution in [0.4, 0.5) is 0 Å². The number of sulfone groups is 1. The zero-order valence-corrected chi connectivity index (χ0v) is 12.2. The molecule has 4 nitrogen and oxygen atoms in total. The predicted octanol–water partition coefficient (Wildman–Crippen LogP) is 1.86. The summed E-state index contributed by atoms with van der Waals surface area (Å²) in [7, 11) is -1.66. The van der Waals surface area contributed by atoms with Gasteiger partial charge in [-0.05, 0) is 49.6 Å². The van der Waals surface area contributed by atoms with Crippen LogP contribution in [-0.2, 0) is 9.84 Å². The molecule has 0 bridgehead atoms. The lowest BCUT2D eigenvalue weighted by Crippen LogP contribution is -2.37. The molecule has 1 fully saturated rings. The molecule has 5 heteroatoms. The lowest BCUT2D eigenvalue weighted by atomic mass is 10.2. The molecule has 106 valence electrons. The first-order valence-corrected chi connectivity index (χ1v) is 8.32. The second-order valence-electron chi connectivity index (χ2n) is 4.96. The highest BCUT2D eigenvalue weighted by Gasteiger charge is 2.34. The van der Waals surface area contributed by atoms with E-state index >= 15 is 0 Å². The summed E-state index contributed by atoms with van der Waals surface area (Å²) in [5.41, 5.74) is 0. The number of hydrogen-bond donors (Lipinski definition) is 1. The maximum Gasteiger partial charge on any atom is 0.179 e. The Hall–Kier alpha value is -1.07. The molecule has 0 heterocycles. The SMILES string of the molecule is CCNC(CS(=O)(=O)c1ccc(OC)cc1)C1CC1. The Kier molecular flexibility index (Phi) is 4.47. The quantitative estimate of drug-likeness (QED) is 0.830. The van der Waals surface area contributed by atoms with Crippen LogP contribution >= 0.6 is 0 Å². The minimum absolute atomic E-state index is 0.0806. The summed E-state index contributed by atoms with van der Waals surface area (Å²) in [6, 6.07) is 6.68. The van der Waals surface area contributed by atoms with Crippen molar-refractivity contribution < 1.29 is 13.2 Å². The Balaban J connectivity index is 2.11. The van der Waals surface area contributed by atoms with Crippen LogP contribution in [0.1, 0.15) is 19.8 Å². The smallest absolute Gasteiger partial charge is 0.179 e. The maximum atomic E-state index is 12.4. The molecule has 0 radical (unpaired) electrons. The summed E-state index contributed by atoms with van der Waals surface area (Å²) >= 11 is 0. The summed E-state index contributed by atoms with van der Waals surface area (Å²) in [6.07, 6.45) is 2.27. The van der Waals surface area contributed by atoms with Crippen LogP contribution in [0.2, 0.25) is 0 Å². The lowest BCUT2D eigenvalue weighted by Gasteiger charge is -2.17. The highest BCUT2D eigenvalue weighted by molar-refractivity contribution is 7.91. The minimum atomic E-state index is -3.23. The van der Waals surface area contributed by atoms with E-state index in [9.17, 15) is 8.42 Å². The third-order valence-corrected chi connectivity index (χ3v) is 5.26. The molecule has 1 aromatic carbocycles. The number of nitrogens with one attached hydrogen (secondary N) is 1. The molecule has 1 aliphatic rings. The van der Waals surface area contributed by atoms with E-state index in [0.29, 0.717) is 16.6 Å². The average Bonchev–Trinajstić information content (AvgIpc) is 3.22. The van der Waals surface area contributed by atoms with E-state index in [1.165, 1.54) is 0 Å². The van der Waals surface area contributed by atoms with Gasteiger partial charge in [-0.15, -0.1) is 0 Å². The molecule has 0 aliphatic heterocycles. The van der Waals surface area contributed by atoms with Gasteiger partial charge in [0.1, 0.15) is 5.75 Å². The van der Waals surface area contributed by atoms with E-state index in [4.69, 9.17) is 4.74 Å². The van der Waals surface area contributed by atoms with Crippen molar-refractivity contribution in [1.29, 1.82) is 0 Å². The first-order chi connectivity index (χ1) is 9.06. The molecular weight excluding hydrogens is 262 g/mol. The average molecular weight is 283 g/mol. The zero-order valence-electron chi connectivity index (χ0n) is 11.4. The van der Waals surface area contributed by atoms with Crippen LogP contribution in [0, 0.1) is 5.92 Å². The van der Waals surface area contributed by atoms with Crippen LogP contribution in [0.5, 0.6) is 5.75 Å². The van der Waals surface area contributed by atoms with Gasteiger partial charge in [-0.3, -0.25) is 0 Å². The van der Waals surface area contributed by atoms with Gasteiger partial charge in [0.25, 0.3) is 0 Å². The third kappa shape index (κ3) is 3.70. The van der Waals surface area contributed by atoms with E-state index in [1.54, 1.807) is 31.4 Å². The fraction of sp³-hybridized carbons (Fsp3) is 0.571. The van der Waals surface area contributed by atoms with Crippen LogP contribution < -0.4 is 10.1 Å². The van der Waals surface area contributed by atoms with Gasteiger partial charge in [-0.1, -0.05) is 6.92 Å². The van der Waals surface area contributed by atoms with Crippen LogP contribution in [-0.4, -0.2) is 33.9 Å². The van der Waals surface area contributed by atoms with Crippen molar-refractivity contribution in [2.75, 3.05) is 19.4 Å². The van der Waals surface area contributed by atoms with Crippen LogP contribution in [0.3, 0.4) is 0 Å². The Labute approximate surface area is 115 Å². The second-order valence-corrected chi connectivity index (χ2v) is 6.99. The Morgan fingerprint density at radius 1 is 1.32 bits per heavy atom. The standard InChI is InChI=1S/C14H21NO3S/c1-3-15-14(11-4-5-11)10-19(16,17)13-8-6-12(18-2)7-9-13/h6-9,11,14-15H,3-5,10H2,1-2H3. The van der Waals surface area contributed by atoms with Gasteiger partial charge in [0, 0.05) is 6.04 Å². The predicted molar refractivity (Wildman–Crippen MR) is 75.2 cm³/mol. The van der Waals surface area contributed by atoms with Gasteiger partial charge in [0.2, 0.25) is 0 Å². The topological polar surface area (TPSA) is 55.4 Å². The fourth-order valence-corrected chi connectivity index (χ4v) is 3.84. The van der Waals surface area contributed by atoms with Gasteiger partial charge < -0.3 is 10.1 Å². The molecule has 0 spiro atoms. The summed E-state index contributed by atoms with van der Waals surface area (Å²) in [5, 5.41) is 3.29. The monoisotopic (exact) mass is 283 g/mol. The van der Waals surface area contributed by atoms with Crippen LogP contribution in [0.25, 0.3) is 0 Å². The van der Waals surface area contributed by atoms with Crippen molar-refractivity contribution in [2.24, 2.45) is 5.92 Å². The number of hydrogen-bond acceptors (Lipinski definition) is 4. The minimum Gasteiger partial charge on any atom is -0.497 e. The zero-order chi connectivity index (χ0) is 13.9. The van der Waals surface area contributed by atoms with Crippen LogP contribution in [0.15, 0.2) is 29.2 Å². The third-order valence-electron chi connectivity index (χ3n) is 3.47. The molecule has 19 heavy (non-hydrogen) atoms. The summed E-state index contributed by atoms with van der Waals surface area (Å²) in [6.45, 7) is 2.81. The summed E-state index contributed by atoms with van der Waals surface area (Å²) < 4.78 is 29.8. The lowest BCUT2D eigenvalue weighted by molar-refractivity contribution is 0.414. The largest absolute Gasteiger partial charge is 0.497 e. The van der Waals surface area contributed by atoms with Gasteiger partial charge in [-0.2, -0.15) is 0 Å². The number of ether oxygens (including phenoxy) is 1. The van der Waals surface area contributed by atoms with E-state index in [2.05, 4.69) is 5.32 Å². The normalized spacial score (nSPS) is 17.2. The van der Waals surface area contributed by atoms with E-state index in [1.807, 2.05) is 6.92 Å². The first kappa shape index (κ1) is 14.3. The van der Waals surface area contributed by atoms with Crippen molar-refractivity contribution in [3.8, 4) is 5.75 Å². The Morgan fingerprint density at radius 2 is 1.95 bits per heavy atom. The van der Waals surface area contributed by atoms with E-state index in [-0.39, 0.29) is 11.8 Å². The van der Waals surface area contributed by atoms with Gasteiger partial charge >= 0.3 is 0 Å². The van der Waals surface area contributed by atoms with Crippen molar-refractivity contribution in [3.05, 3.63) is 24.3 Å². The molecule has 0 saturated heterocycles. The number of methoxy groups -OCH3 is 1. The summed E-state index contributed by atoms with van der Waals surface area (Å²) in [5.74, 6) is 1.37. The number of rotatable bonds is 7. The summed E-state index contributed by atoms with van der Waals surface area (Å²) in [4.78, 5) is 0.372. The van der Waals surface area contributed by atoms with Crippen molar-refractivity contribution in [2.45, 2.75) is 30.7 Å². The highest BCUT2D eigenvalue weighted by Crippen LogP contribution is 2.34. The maximum absolute atomic E-state index is 12.4. The van der Waals surface area contributed by atoms with Gasteiger partial charge in [0.15, 0.2) is 9.84 Å². The van der Waals surface area contributed by atoms with Crippen molar-refractivity contribution in [3.63, 3.8) is 0 Å². The fourth-order valence-electron chi connectivity index (χ4n) is 2.24. The second kappa shape index (κ2) is 5.92. The molecule has 2 rings (SSSR count). The molecule has 1 saturated carbocycles. The molecule has 1 unspecified atom stereocenters. The van der Waals surface area contributed by atoms with Gasteiger partial charge in [0.05, 0.1) is 17.8 Å². The molecular formula is C14H21NO3S. The molecule has 1 atom stereocenters. The molecule has 0 aromatic heterocycles. The Bertz CT molecular complexity index is 506. The van der Waals surface area contributed by atoms with E-state index in [0.717, 1.165) is 19.4 Å². The highest BCUT2D eigenvalue weighted by atomic mass is 32.2. The van der Waals surface area contributed by atoms with Crippen molar-refractivity contribution in [1.82, 2.24) is 5.32 Å².